The molecule has 2 aromatic heterocycles. The van der Waals surface area contributed by atoms with Crippen LogP contribution in [0.15, 0.2) is 47.5 Å². The first-order valence-corrected chi connectivity index (χ1v) is 18.9. The highest BCUT2D eigenvalue weighted by atomic mass is 32.2. The number of primary amides is 1. The molecule has 2 aromatic carbocycles. The van der Waals surface area contributed by atoms with E-state index in [9.17, 15) is 26.4 Å². The Morgan fingerprint density at radius 3 is 2.31 bits per heavy atom. The lowest BCUT2D eigenvalue weighted by atomic mass is 9.85. The fraction of sp³-hybridized carbons (Fsp3) is 0.486. The molecule has 4 aromatic rings. The van der Waals surface area contributed by atoms with E-state index in [1.54, 1.807) is 27.2 Å². The Bertz CT molecular complexity index is 2000. The van der Waals surface area contributed by atoms with Crippen molar-refractivity contribution in [2.24, 2.45) is 11.7 Å². The monoisotopic (exact) mass is 725 g/mol. The number of amides is 1. The number of sulfonamides is 1. The highest BCUT2D eigenvalue weighted by molar-refractivity contribution is 7.89. The molecule has 3 aliphatic rings. The summed E-state index contributed by atoms with van der Waals surface area (Å²) < 4.78 is 73.4. The molecule has 12 nitrogen and oxygen atoms in total. The van der Waals surface area contributed by atoms with Crippen molar-refractivity contribution in [3.05, 3.63) is 65.6 Å². The van der Waals surface area contributed by atoms with Crippen molar-refractivity contribution in [2.45, 2.75) is 81.3 Å². The fourth-order valence-corrected chi connectivity index (χ4v) is 9.24. The lowest BCUT2D eigenvalue weighted by molar-refractivity contribution is -0.122. The van der Waals surface area contributed by atoms with E-state index in [0.717, 1.165) is 37.8 Å². The van der Waals surface area contributed by atoms with E-state index in [2.05, 4.69) is 25.5 Å². The number of nitrogens with two attached hydrogens (primary N) is 1. The molecule has 7 rings (SSSR count). The summed E-state index contributed by atoms with van der Waals surface area (Å²) in [5.41, 5.74) is 6.87. The first-order chi connectivity index (χ1) is 24.5. The quantitative estimate of drug-likeness (QED) is 0.211. The molecule has 1 saturated carbocycles. The normalized spacial score (nSPS) is 23.7. The summed E-state index contributed by atoms with van der Waals surface area (Å²) in [6.45, 7) is 4.38. The molecule has 1 amide bonds. The minimum atomic E-state index is -3.60. The van der Waals surface area contributed by atoms with Crippen LogP contribution in [0.4, 0.5) is 30.8 Å². The average Bonchev–Trinajstić information content (AvgIpc) is 3.47. The van der Waals surface area contributed by atoms with E-state index >= 15 is 0 Å². The number of fused-ring (bicyclic) bond motifs is 1. The predicted molar refractivity (Wildman–Crippen MR) is 186 cm³/mol. The number of rotatable bonds is 9. The maximum Gasteiger partial charge on any atom is 0.243 e. The first-order valence-electron chi connectivity index (χ1n) is 17.5. The number of anilines is 3. The summed E-state index contributed by atoms with van der Waals surface area (Å²) in [6, 6.07) is 8.02. The van der Waals surface area contributed by atoms with Crippen LogP contribution in [-0.2, 0) is 14.8 Å². The number of aromatic nitrogens is 4. The number of hydrogen-bond donors (Lipinski definition) is 3. The van der Waals surface area contributed by atoms with Gasteiger partial charge in [0.15, 0.2) is 17.3 Å². The SMILES string of the molecule is Cc1ccc(S(=O)(=O)N2CCC[C@@H](N3CCC[C@@H](Nc4ncc5nc(Nc6c(F)cc(F)cc6F)n(C6CCC(C(N)=O)CC6)c5n4)C3)C2)cc1. The van der Waals surface area contributed by atoms with E-state index in [0.29, 0.717) is 79.5 Å². The topological polar surface area (TPSA) is 151 Å². The number of carbonyl (C=O) groups is 1. The Kier molecular flexibility index (Phi) is 9.91. The largest absolute Gasteiger partial charge is 0.369 e. The van der Waals surface area contributed by atoms with Gasteiger partial charge in [-0.1, -0.05) is 17.7 Å². The van der Waals surface area contributed by atoms with Crippen molar-refractivity contribution >= 4 is 44.7 Å². The van der Waals surface area contributed by atoms with E-state index in [4.69, 9.17) is 10.7 Å². The van der Waals surface area contributed by atoms with Gasteiger partial charge in [0.1, 0.15) is 17.0 Å². The molecule has 4 N–H and O–H groups in total. The number of imidazole rings is 1. The van der Waals surface area contributed by atoms with Gasteiger partial charge in [0, 0.05) is 55.8 Å². The van der Waals surface area contributed by atoms with Gasteiger partial charge in [-0.25, -0.2) is 31.6 Å². The van der Waals surface area contributed by atoms with E-state index in [1.807, 2.05) is 19.1 Å². The Hall–Kier alpha value is -4.28. The number of carbonyl (C=O) groups excluding carboxylic acids is 1. The second-order valence-corrected chi connectivity index (χ2v) is 15.9. The predicted octanol–water partition coefficient (Wildman–Crippen LogP) is 5.24. The van der Waals surface area contributed by atoms with Crippen molar-refractivity contribution < 1.29 is 26.4 Å². The zero-order chi connectivity index (χ0) is 35.9. The molecule has 0 unspecified atom stereocenters. The van der Waals surface area contributed by atoms with Gasteiger partial charge in [-0.05, 0) is 77.0 Å². The molecule has 272 valence electrons. The summed E-state index contributed by atoms with van der Waals surface area (Å²) in [4.78, 5) is 28.5. The van der Waals surface area contributed by atoms with E-state index in [1.165, 1.54) is 0 Å². The molecular weight excluding hydrogens is 684 g/mol. The van der Waals surface area contributed by atoms with Crippen molar-refractivity contribution in [3.63, 3.8) is 0 Å². The minimum absolute atomic E-state index is 0.0114. The van der Waals surface area contributed by atoms with Crippen LogP contribution in [0.5, 0.6) is 0 Å². The molecule has 51 heavy (non-hydrogen) atoms. The molecule has 1 aliphatic carbocycles. The van der Waals surface area contributed by atoms with Crippen molar-refractivity contribution in [3.8, 4) is 0 Å². The van der Waals surface area contributed by atoms with Crippen LogP contribution in [0.1, 0.15) is 63.0 Å². The Morgan fingerprint density at radius 2 is 1.61 bits per heavy atom. The number of nitrogens with one attached hydrogen (secondary N) is 2. The van der Waals surface area contributed by atoms with Crippen LogP contribution in [0.3, 0.4) is 0 Å². The number of aryl methyl sites for hydroxylation is 1. The molecule has 0 radical (unpaired) electrons. The molecule has 0 spiro atoms. The molecular formula is C35H42F3N9O3S. The summed E-state index contributed by atoms with van der Waals surface area (Å²) >= 11 is 0. The van der Waals surface area contributed by atoms with Crippen LogP contribution in [0.25, 0.3) is 11.2 Å². The highest BCUT2D eigenvalue weighted by Crippen LogP contribution is 2.38. The van der Waals surface area contributed by atoms with Crippen molar-refractivity contribution in [2.75, 3.05) is 36.8 Å². The Labute approximate surface area is 294 Å². The van der Waals surface area contributed by atoms with Crippen molar-refractivity contribution in [1.82, 2.24) is 28.7 Å². The van der Waals surface area contributed by atoms with Crippen LogP contribution in [0, 0.1) is 30.3 Å². The standard InChI is InChI=1S/C35H42F3N9O3S/c1-21-6-12-27(13-7-21)51(49,50)46-15-3-5-26(20-46)45-14-2-4-24(19-45)41-34-40-18-30-33(44-34)47(25-10-8-22(9-11-25)32(39)48)35(42-30)43-31-28(37)16-23(36)17-29(31)38/h6-7,12-13,16-18,22,24-26H,2-5,8-11,14-15,19-20H2,1H3,(H2,39,48)(H,42,43)(H,40,41,44)/t22?,24-,25?,26-/m1/s1. The fourth-order valence-electron chi connectivity index (χ4n) is 7.72. The van der Waals surface area contributed by atoms with Crippen molar-refractivity contribution in [1.29, 1.82) is 0 Å². The highest BCUT2D eigenvalue weighted by Gasteiger charge is 2.35. The average molecular weight is 726 g/mol. The zero-order valence-electron chi connectivity index (χ0n) is 28.4. The van der Waals surface area contributed by atoms with Crippen LogP contribution in [0.2, 0.25) is 0 Å². The van der Waals surface area contributed by atoms with Gasteiger partial charge in [0.25, 0.3) is 0 Å². The van der Waals surface area contributed by atoms with E-state index < -0.39 is 33.2 Å². The second kappa shape index (κ2) is 14.4. The first kappa shape index (κ1) is 35.1. The maximum atomic E-state index is 14.7. The second-order valence-electron chi connectivity index (χ2n) is 13.9. The number of likely N-dealkylation sites (tertiary alicyclic amines) is 1. The Balaban J connectivity index is 1.11. The molecule has 2 aliphatic heterocycles. The molecule has 2 atom stereocenters. The lowest BCUT2D eigenvalue weighted by Gasteiger charge is -2.42. The molecule has 16 heteroatoms. The van der Waals surface area contributed by atoms with Gasteiger partial charge in [-0.15, -0.1) is 0 Å². The number of benzene rings is 2. The third-order valence-electron chi connectivity index (χ3n) is 10.5. The number of halogens is 3. The van der Waals surface area contributed by atoms with Gasteiger partial charge in [-0.2, -0.15) is 9.29 Å². The molecule has 0 bridgehead atoms. The summed E-state index contributed by atoms with van der Waals surface area (Å²) in [5, 5.41) is 6.20. The minimum Gasteiger partial charge on any atom is -0.369 e. The Morgan fingerprint density at radius 1 is 0.902 bits per heavy atom. The van der Waals surface area contributed by atoms with Gasteiger partial charge in [0.05, 0.1) is 11.1 Å². The smallest absolute Gasteiger partial charge is 0.243 e. The molecule has 4 heterocycles. The summed E-state index contributed by atoms with van der Waals surface area (Å²) in [6.07, 6.45) is 7.19. The third kappa shape index (κ3) is 7.39. The molecule has 3 fully saturated rings. The zero-order valence-corrected chi connectivity index (χ0v) is 29.2. The number of hydrogen-bond acceptors (Lipinski definition) is 9. The number of piperidine rings is 2. The van der Waals surface area contributed by atoms with Gasteiger partial charge in [-0.3, -0.25) is 14.3 Å². The van der Waals surface area contributed by atoms with Gasteiger partial charge < -0.3 is 16.4 Å². The maximum absolute atomic E-state index is 14.7. The third-order valence-corrected chi connectivity index (χ3v) is 12.3. The van der Waals surface area contributed by atoms with Crippen LogP contribution in [-0.4, -0.2) is 81.3 Å². The lowest BCUT2D eigenvalue weighted by Crippen LogP contribution is -2.54. The molecule has 2 saturated heterocycles. The summed E-state index contributed by atoms with van der Waals surface area (Å²) in [5.74, 6) is -3.39. The van der Waals surface area contributed by atoms with Gasteiger partial charge in [0.2, 0.25) is 27.8 Å². The van der Waals surface area contributed by atoms with Gasteiger partial charge >= 0.3 is 0 Å². The van der Waals surface area contributed by atoms with Crippen LogP contribution >= 0.6 is 0 Å². The van der Waals surface area contributed by atoms with Crippen LogP contribution < -0.4 is 16.4 Å². The summed E-state index contributed by atoms with van der Waals surface area (Å²) in [7, 11) is -3.60. The number of nitrogens with zero attached hydrogens (tertiary/aromatic N) is 6. The van der Waals surface area contributed by atoms with E-state index in [-0.39, 0.29) is 35.9 Å².